The molecule has 5 rings (SSSR count). The molecule has 2 aliphatic rings. The average molecular weight is 485 g/mol. The van der Waals surface area contributed by atoms with Crippen molar-refractivity contribution in [3.8, 4) is 0 Å². The molecular formula is C22H21Cl2F3N4O. The van der Waals surface area contributed by atoms with Gasteiger partial charge >= 0.3 is 6.18 Å². The van der Waals surface area contributed by atoms with Crippen molar-refractivity contribution in [1.82, 2.24) is 15.0 Å². The molecule has 4 heterocycles. The molecule has 5 nitrogen and oxygen atoms in total. The third-order valence-electron chi connectivity index (χ3n) is 6.29. The summed E-state index contributed by atoms with van der Waals surface area (Å²) in [5.74, 6) is 0.484. The number of fused-ring (bicyclic) bond motifs is 3. The van der Waals surface area contributed by atoms with Crippen LogP contribution in [0.25, 0.3) is 10.9 Å². The van der Waals surface area contributed by atoms with Gasteiger partial charge in [0.25, 0.3) is 0 Å². The first-order chi connectivity index (χ1) is 15.3. The Hall–Kier alpha value is -2.03. The lowest BCUT2D eigenvalue weighted by molar-refractivity contribution is -0.141. The van der Waals surface area contributed by atoms with Crippen molar-refractivity contribution in [3.63, 3.8) is 0 Å². The number of halogens is 5. The van der Waals surface area contributed by atoms with Crippen LogP contribution in [0, 0.1) is 5.92 Å². The fourth-order valence-electron chi connectivity index (χ4n) is 4.86. The molecule has 0 spiro atoms. The number of alkyl halides is 3. The maximum Gasteiger partial charge on any atom is 0.433 e. The van der Waals surface area contributed by atoms with Gasteiger partial charge in [0.2, 0.25) is 5.28 Å². The molecular weight excluding hydrogens is 464 g/mol. The van der Waals surface area contributed by atoms with E-state index in [4.69, 9.17) is 27.9 Å². The third kappa shape index (κ3) is 4.16. The van der Waals surface area contributed by atoms with Gasteiger partial charge < -0.3 is 14.6 Å². The molecule has 0 amide bonds. The first kappa shape index (κ1) is 21.8. The number of hydrogen-bond acceptors (Lipinski definition) is 4. The van der Waals surface area contributed by atoms with Gasteiger partial charge in [0, 0.05) is 47.4 Å². The number of nitrogens with zero attached hydrogens (tertiary/aromatic N) is 3. The molecule has 0 saturated carbocycles. The molecule has 1 fully saturated rings. The highest BCUT2D eigenvalue weighted by Gasteiger charge is 2.37. The summed E-state index contributed by atoms with van der Waals surface area (Å²) in [5.41, 5.74) is 2.06. The number of hydrogen-bond donors (Lipinski definition) is 1. The Morgan fingerprint density at radius 1 is 1.19 bits per heavy atom. The van der Waals surface area contributed by atoms with E-state index < -0.39 is 17.2 Å². The molecule has 2 aliphatic heterocycles. The van der Waals surface area contributed by atoms with Crippen molar-refractivity contribution in [2.75, 3.05) is 24.7 Å². The maximum absolute atomic E-state index is 13.4. The number of nitrogens with one attached hydrogen (secondary N) is 1. The number of aromatic amines is 1. The highest BCUT2D eigenvalue weighted by Crippen LogP contribution is 2.42. The normalized spacial score (nSPS) is 21.7. The Morgan fingerprint density at radius 2 is 2.03 bits per heavy atom. The quantitative estimate of drug-likeness (QED) is 0.449. The molecule has 1 N–H and O–H groups in total. The zero-order valence-corrected chi connectivity index (χ0v) is 18.6. The predicted octanol–water partition coefficient (Wildman–Crippen LogP) is 6.20. The van der Waals surface area contributed by atoms with Gasteiger partial charge in [-0.05, 0) is 67.0 Å². The lowest BCUT2D eigenvalue weighted by Crippen LogP contribution is -2.38. The summed E-state index contributed by atoms with van der Waals surface area (Å²) in [6.07, 6.45) is -1.23. The molecule has 0 aliphatic carbocycles. The van der Waals surface area contributed by atoms with Crippen molar-refractivity contribution < 1.29 is 17.9 Å². The van der Waals surface area contributed by atoms with E-state index in [0.717, 1.165) is 54.1 Å². The van der Waals surface area contributed by atoms with Crippen molar-refractivity contribution >= 4 is 39.9 Å². The smallest absolute Gasteiger partial charge is 0.381 e. The predicted molar refractivity (Wildman–Crippen MR) is 117 cm³/mol. The summed E-state index contributed by atoms with van der Waals surface area (Å²) < 4.78 is 45.9. The van der Waals surface area contributed by atoms with Crippen LogP contribution in [0.3, 0.4) is 0 Å². The Morgan fingerprint density at radius 3 is 2.78 bits per heavy atom. The highest BCUT2D eigenvalue weighted by atomic mass is 35.5. The molecule has 2 atom stereocenters. The Labute approximate surface area is 192 Å². The standard InChI is InChI=1S/C22H21Cl2F3N4O/c23-13-3-4-16-15(9-13)14-5-6-31(19-10-18(22(25,26)27)29-21(24)30-19)17(20(14)28-16)8-12-2-1-7-32-11-12/h3-4,9-10,12,17,28H,1-2,5-8,11H2/t12?,17-/m0/s1. The first-order valence-corrected chi connectivity index (χ1v) is 11.3. The molecule has 10 heteroatoms. The number of H-pyrrole nitrogens is 1. The van der Waals surface area contributed by atoms with Gasteiger partial charge in [0.05, 0.1) is 6.04 Å². The molecule has 1 unspecified atom stereocenters. The van der Waals surface area contributed by atoms with Crippen LogP contribution in [0.4, 0.5) is 19.0 Å². The van der Waals surface area contributed by atoms with E-state index >= 15 is 0 Å². The fraction of sp³-hybridized carbons (Fsp3) is 0.455. The lowest BCUT2D eigenvalue weighted by atomic mass is 9.88. The molecule has 170 valence electrons. The number of benzene rings is 1. The summed E-state index contributed by atoms with van der Waals surface area (Å²) >= 11 is 12.1. The summed E-state index contributed by atoms with van der Waals surface area (Å²) in [5, 5.41) is 1.29. The summed E-state index contributed by atoms with van der Waals surface area (Å²) in [7, 11) is 0. The van der Waals surface area contributed by atoms with Crippen LogP contribution < -0.4 is 4.90 Å². The number of anilines is 1. The summed E-state index contributed by atoms with van der Waals surface area (Å²) in [6, 6.07) is 6.49. The highest BCUT2D eigenvalue weighted by molar-refractivity contribution is 6.31. The molecule has 0 radical (unpaired) electrons. The first-order valence-electron chi connectivity index (χ1n) is 10.6. The summed E-state index contributed by atoms with van der Waals surface area (Å²) in [4.78, 5) is 13.0. The molecule has 1 saturated heterocycles. The SMILES string of the molecule is FC(F)(F)c1cc(N2CCc3c([nH]c4ccc(Cl)cc34)[C@@H]2CC2CCCOC2)nc(Cl)n1. The topological polar surface area (TPSA) is 54.0 Å². The van der Waals surface area contributed by atoms with E-state index in [9.17, 15) is 13.2 Å². The Bertz CT molecular complexity index is 1140. The molecule has 2 aromatic heterocycles. The van der Waals surface area contributed by atoms with Gasteiger partial charge in [-0.1, -0.05) is 11.6 Å². The van der Waals surface area contributed by atoms with Gasteiger partial charge in [-0.25, -0.2) is 9.97 Å². The van der Waals surface area contributed by atoms with Gasteiger partial charge in [-0.15, -0.1) is 0 Å². The third-order valence-corrected chi connectivity index (χ3v) is 6.70. The van der Waals surface area contributed by atoms with Crippen LogP contribution >= 0.6 is 23.2 Å². The zero-order chi connectivity index (χ0) is 22.5. The molecule has 32 heavy (non-hydrogen) atoms. The second-order valence-corrected chi connectivity index (χ2v) is 9.14. The summed E-state index contributed by atoms with van der Waals surface area (Å²) in [6.45, 7) is 1.90. The van der Waals surface area contributed by atoms with Gasteiger partial charge in [-0.3, -0.25) is 0 Å². The van der Waals surface area contributed by atoms with Crippen LogP contribution in [-0.2, 0) is 17.3 Å². The second-order valence-electron chi connectivity index (χ2n) is 8.36. The van der Waals surface area contributed by atoms with Crippen molar-refractivity contribution in [2.45, 2.75) is 37.9 Å². The Kier molecular flexibility index (Phi) is 5.72. The second kappa shape index (κ2) is 8.39. The maximum atomic E-state index is 13.4. The molecule has 3 aromatic rings. The van der Waals surface area contributed by atoms with Gasteiger partial charge in [-0.2, -0.15) is 13.2 Å². The van der Waals surface area contributed by atoms with E-state index in [1.807, 2.05) is 23.1 Å². The van der Waals surface area contributed by atoms with Crippen molar-refractivity contribution in [2.24, 2.45) is 5.92 Å². The zero-order valence-electron chi connectivity index (χ0n) is 17.1. The largest absolute Gasteiger partial charge is 0.433 e. The van der Waals surface area contributed by atoms with Crippen LogP contribution in [0.2, 0.25) is 10.3 Å². The van der Waals surface area contributed by atoms with Gasteiger partial charge in [0.1, 0.15) is 5.82 Å². The number of rotatable bonds is 3. The van der Waals surface area contributed by atoms with Crippen molar-refractivity contribution in [1.29, 1.82) is 0 Å². The average Bonchev–Trinajstić information content (AvgIpc) is 3.12. The lowest BCUT2D eigenvalue weighted by Gasteiger charge is -2.39. The van der Waals surface area contributed by atoms with E-state index in [0.29, 0.717) is 30.5 Å². The molecule has 1 aromatic carbocycles. The minimum Gasteiger partial charge on any atom is -0.381 e. The number of ether oxygens (including phenoxy) is 1. The van der Waals surface area contributed by atoms with E-state index in [2.05, 4.69) is 15.0 Å². The van der Waals surface area contributed by atoms with Crippen LogP contribution in [-0.4, -0.2) is 34.7 Å². The Balaban J connectivity index is 1.59. The van der Waals surface area contributed by atoms with Crippen molar-refractivity contribution in [3.05, 3.63) is 51.5 Å². The van der Waals surface area contributed by atoms with Crippen LogP contribution in [0.15, 0.2) is 24.3 Å². The van der Waals surface area contributed by atoms with E-state index in [1.165, 1.54) is 0 Å². The van der Waals surface area contributed by atoms with Crippen LogP contribution in [0.5, 0.6) is 0 Å². The monoisotopic (exact) mass is 484 g/mol. The fourth-order valence-corrected chi connectivity index (χ4v) is 5.21. The van der Waals surface area contributed by atoms with E-state index in [1.54, 1.807) is 0 Å². The van der Waals surface area contributed by atoms with Crippen LogP contribution in [0.1, 0.15) is 42.3 Å². The van der Waals surface area contributed by atoms with Gasteiger partial charge in [0.15, 0.2) is 5.69 Å². The molecule has 0 bridgehead atoms. The minimum absolute atomic E-state index is 0.182. The minimum atomic E-state index is -4.60. The van der Waals surface area contributed by atoms with E-state index in [-0.39, 0.29) is 11.9 Å². The number of aromatic nitrogens is 3.